The lowest BCUT2D eigenvalue weighted by atomic mass is 10.2. The van der Waals surface area contributed by atoms with Crippen molar-refractivity contribution in [1.29, 1.82) is 0 Å². The van der Waals surface area contributed by atoms with Crippen molar-refractivity contribution >= 4 is 27.4 Å². The van der Waals surface area contributed by atoms with Crippen LogP contribution >= 0.6 is 11.3 Å². The number of fused-ring (bicyclic) bond motifs is 1. The zero-order valence-corrected chi connectivity index (χ0v) is 10.3. The maximum absolute atomic E-state index is 5.92. The highest BCUT2D eigenvalue weighted by atomic mass is 32.1. The van der Waals surface area contributed by atoms with Gasteiger partial charge in [0.2, 0.25) is 0 Å². The van der Waals surface area contributed by atoms with Crippen LogP contribution in [0.4, 0.5) is 0 Å². The Hall–Kier alpha value is -1.42. The van der Waals surface area contributed by atoms with Crippen LogP contribution in [-0.4, -0.2) is 17.4 Å². The average molecular weight is 233 g/mol. The van der Waals surface area contributed by atoms with E-state index in [0.717, 1.165) is 22.3 Å². The van der Waals surface area contributed by atoms with Gasteiger partial charge in [-0.25, -0.2) is 0 Å². The maximum atomic E-state index is 5.92. The molecule has 16 heavy (non-hydrogen) atoms. The molecule has 0 bridgehead atoms. The molecule has 0 aromatic carbocycles. The summed E-state index contributed by atoms with van der Waals surface area (Å²) in [5, 5.41) is 2.03. The molecule has 0 aliphatic rings. The minimum absolute atomic E-state index is 0.525. The van der Waals surface area contributed by atoms with E-state index in [-0.39, 0.29) is 0 Å². The van der Waals surface area contributed by atoms with Gasteiger partial charge in [-0.1, -0.05) is 13.8 Å². The minimum Gasteiger partial charge on any atom is -0.383 e. The van der Waals surface area contributed by atoms with Crippen molar-refractivity contribution in [2.75, 3.05) is 6.54 Å². The molecule has 3 nitrogen and oxygen atoms in total. The lowest BCUT2D eigenvalue weighted by Gasteiger charge is -2.03. The number of thiophene rings is 1. The average Bonchev–Trinajstić information content (AvgIpc) is 2.72. The third-order valence-electron chi connectivity index (χ3n) is 2.23. The first kappa shape index (κ1) is 11.1. The number of aromatic nitrogens is 1. The maximum Gasteiger partial charge on any atom is 0.127 e. The highest BCUT2D eigenvalue weighted by Gasteiger charge is 2.02. The Kier molecular flexibility index (Phi) is 3.19. The molecule has 2 rings (SSSR count). The van der Waals surface area contributed by atoms with Crippen LogP contribution < -0.4 is 5.73 Å². The highest BCUT2D eigenvalue weighted by molar-refractivity contribution is 7.17. The molecule has 0 saturated heterocycles. The number of pyridine rings is 1. The van der Waals surface area contributed by atoms with Gasteiger partial charge in [0, 0.05) is 18.3 Å². The lowest BCUT2D eigenvalue weighted by Crippen LogP contribution is -2.15. The molecule has 2 aromatic heterocycles. The van der Waals surface area contributed by atoms with Gasteiger partial charge in [-0.05, 0) is 23.4 Å². The van der Waals surface area contributed by atoms with Crippen molar-refractivity contribution in [1.82, 2.24) is 4.98 Å². The van der Waals surface area contributed by atoms with E-state index < -0.39 is 0 Å². The molecule has 0 radical (unpaired) electrons. The molecule has 0 aliphatic carbocycles. The second kappa shape index (κ2) is 4.61. The summed E-state index contributed by atoms with van der Waals surface area (Å²) >= 11 is 1.67. The Bertz CT molecular complexity index is 514. The Morgan fingerprint density at radius 1 is 1.56 bits per heavy atom. The zero-order chi connectivity index (χ0) is 11.5. The summed E-state index contributed by atoms with van der Waals surface area (Å²) in [6.07, 6.45) is 1.79. The summed E-state index contributed by atoms with van der Waals surface area (Å²) < 4.78 is 1.15. The van der Waals surface area contributed by atoms with Crippen molar-refractivity contribution < 1.29 is 0 Å². The Balaban J connectivity index is 2.28. The van der Waals surface area contributed by atoms with Crippen LogP contribution in [0, 0.1) is 5.92 Å². The van der Waals surface area contributed by atoms with Gasteiger partial charge in [0.15, 0.2) is 0 Å². The van der Waals surface area contributed by atoms with Gasteiger partial charge in [0.1, 0.15) is 5.84 Å². The van der Waals surface area contributed by atoms with Gasteiger partial charge in [-0.15, -0.1) is 11.3 Å². The standard InChI is InChI=1S/C12H15N3S/c1-8(2)6-15-12(13)9-5-11-10(14-7-9)3-4-16-11/h3-5,7-8H,6H2,1-2H3,(H2,13,15). The second-order valence-electron chi connectivity index (χ2n) is 4.15. The van der Waals surface area contributed by atoms with E-state index >= 15 is 0 Å². The van der Waals surface area contributed by atoms with Gasteiger partial charge in [-0.3, -0.25) is 9.98 Å². The third kappa shape index (κ3) is 2.39. The van der Waals surface area contributed by atoms with E-state index in [1.54, 1.807) is 17.5 Å². The molecule has 2 heterocycles. The summed E-state index contributed by atoms with van der Waals surface area (Å²) in [4.78, 5) is 8.68. The zero-order valence-electron chi connectivity index (χ0n) is 9.47. The van der Waals surface area contributed by atoms with Gasteiger partial charge in [-0.2, -0.15) is 0 Å². The van der Waals surface area contributed by atoms with Crippen LogP contribution in [0.5, 0.6) is 0 Å². The molecular formula is C12H15N3S. The summed E-state index contributed by atoms with van der Waals surface area (Å²) in [6, 6.07) is 4.05. The normalized spacial score (nSPS) is 12.6. The van der Waals surface area contributed by atoms with Crippen LogP contribution in [0.3, 0.4) is 0 Å². The Morgan fingerprint density at radius 3 is 3.12 bits per heavy atom. The molecule has 2 N–H and O–H groups in total. The van der Waals surface area contributed by atoms with Gasteiger partial charge < -0.3 is 5.73 Å². The summed E-state index contributed by atoms with van der Waals surface area (Å²) in [5.74, 6) is 1.11. The van der Waals surface area contributed by atoms with Crippen molar-refractivity contribution in [3.8, 4) is 0 Å². The van der Waals surface area contributed by atoms with E-state index in [2.05, 4.69) is 23.8 Å². The third-order valence-corrected chi connectivity index (χ3v) is 3.08. The fourth-order valence-electron chi connectivity index (χ4n) is 1.36. The number of aliphatic imine (C=N–C) groups is 1. The summed E-state index contributed by atoms with van der Waals surface area (Å²) in [6.45, 7) is 5.00. The molecular weight excluding hydrogens is 218 g/mol. The Labute approximate surface area is 99.0 Å². The Morgan fingerprint density at radius 2 is 2.38 bits per heavy atom. The first-order valence-electron chi connectivity index (χ1n) is 5.30. The van der Waals surface area contributed by atoms with E-state index in [4.69, 9.17) is 5.73 Å². The smallest absolute Gasteiger partial charge is 0.127 e. The molecule has 84 valence electrons. The number of amidine groups is 1. The predicted molar refractivity (Wildman–Crippen MR) is 70.0 cm³/mol. The van der Waals surface area contributed by atoms with Crippen LogP contribution in [0.2, 0.25) is 0 Å². The fourth-order valence-corrected chi connectivity index (χ4v) is 2.14. The van der Waals surface area contributed by atoms with Gasteiger partial charge in [0.25, 0.3) is 0 Å². The minimum atomic E-state index is 0.525. The van der Waals surface area contributed by atoms with Crippen molar-refractivity contribution in [2.45, 2.75) is 13.8 Å². The van der Waals surface area contributed by atoms with Gasteiger partial charge >= 0.3 is 0 Å². The van der Waals surface area contributed by atoms with Crippen molar-refractivity contribution in [2.24, 2.45) is 16.6 Å². The predicted octanol–water partition coefficient (Wildman–Crippen LogP) is 2.66. The van der Waals surface area contributed by atoms with Crippen molar-refractivity contribution in [3.05, 3.63) is 29.3 Å². The molecule has 0 atom stereocenters. The molecule has 0 unspecified atom stereocenters. The monoisotopic (exact) mass is 233 g/mol. The summed E-state index contributed by atoms with van der Waals surface area (Å²) in [7, 11) is 0. The van der Waals surface area contributed by atoms with Crippen LogP contribution in [0.25, 0.3) is 10.2 Å². The molecule has 2 aromatic rings. The first-order chi connectivity index (χ1) is 7.66. The molecule has 4 heteroatoms. The molecule has 0 amide bonds. The van der Waals surface area contributed by atoms with E-state index in [1.165, 1.54) is 0 Å². The van der Waals surface area contributed by atoms with E-state index in [1.807, 2.05) is 17.5 Å². The number of rotatable bonds is 3. The number of hydrogen-bond acceptors (Lipinski definition) is 3. The lowest BCUT2D eigenvalue weighted by molar-refractivity contribution is 0.665. The van der Waals surface area contributed by atoms with Crippen molar-refractivity contribution in [3.63, 3.8) is 0 Å². The van der Waals surface area contributed by atoms with Gasteiger partial charge in [0.05, 0.1) is 10.2 Å². The number of hydrogen-bond donors (Lipinski definition) is 1. The topological polar surface area (TPSA) is 51.3 Å². The SMILES string of the molecule is CC(C)CN=C(N)c1cnc2ccsc2c1. The fraction of sp³-hybridized carbons (Fsp3) is 0.333. The van der Waals surface area contributed by atoms with Crippen LogP contribution in [0.1, 0.15) is 19.4 Å². The number of nitrogens with two attached hydrogens (primary N) is 1. The van der Waals surface area contributed by atoms with Crippen LogP contribution in [0.15, 0.2) is 28.7 Å². The van der Waals surface area contributed by atoms with E-state index in [9.17, 15) is 0 Å². The molecule has 0 fully saturated rings. The second-order valence-corrected chi connectivity index (χ2v) is 5.10. The molecule has 0 aliphatic heterocycles. The molecule has 0 saturated carbocycles. The quantitative estimate of drug-likeness (QED) is 0.654. The van der Waals surface area contributed by atoms with Crippen LogP contribution in [-0.2, 0) is 0 Å². The van der Waals surface area contributed by atoms with E-state index in [0.29, 0.717) is 11.8 Å². The summed E-state index contributed by atoms with van der Waals surface area (Å²) in [5.41, 5.74) is 7.85. The highest BCUT2D eigenvalue weighted by Crippen LogP contribution is 2.19. The molecule has 0 spiro atoms. The largest absolute Gasteiger partial charge is 0.383 e. The first-order valence-corrected chi connectivity index (χ1v) is 6.18. The number of nitrogens with zero attached hydrogens (tertiary/aromatic N) is 2.